The molecule has 4 rings (SSSR count). The van der Waals surface area contributed by atoms with Crippen molar-refractivity contribution in [3.63, 3.8) is 0 Å². The van der Waals surface area contributed by atoms with E-state index < -0.39 is 18.2 Å². The highest BCUT2D eigenvalue weighted by molar-refractivity contribution is 5.71. The molecule has 0 aliphatic carbocycles. The molecule has 0 radical (unpaired) electrons. The Morgan fingerprint density at radius 2 is 1.68 bits per heavy atom. The Labute approximate surface area is 144 Å². The molecule has 1 fully saturated rings. The van der Waals surface area contributed by atoms with Crippen LogP contribution in [0.3, 0.4) is 0 Å². The average molecular weight is 334 g/mol. The maximum atomic E-state index is 13.2. The summed E-state index contributed by atoms with van der Waals surface area (Å²) >= 11 is 0. The van der Waals surface area contributed by atoms with Gasteiger partial charge in [0.25, 0.3) is 0 Å². The summed E-state index contributed by atoms with van der Waals surface area (Å²) in [4.78, 5) is 16.5. The van der Waals surface area contributed by atoms with Crippen LogP contribution in [0.15, 0.2) is 72.8 Å². The Bertz CT molecular complexity index is 897. The molecule has 4 nitrogen and oxygen atoms in total. The first-order valence-corrected chi connectivity index (χ1v) is 7.96. The Morgan fingerprint density at radius 3 is 2.44 bits per heavy atom. The van der Waals surface area contributed by atoms with Gasteiger partial charge in [-0.2, -0.15) is 0 Å². The summed E-state index contributed by atoms with van der Waals surface area (Å²) in [6.07, 6.45) is -1.06. The molecular weight excluding hydrogens is 319 g/mol. The van der Waals surface area contributed by atoms with E-state index in [1.807, 2.05) is 48.5 Å². The Hall–Kier alpha value is -3.21. The number of alkyl carbamates (subject to hydrolysis) is 1. The van der Waals surface area contributed by atoms with Gasteiger partial charge in [-0.05, 0) is 29.8 Å². The lowest BCUT2D eigenvalue weighted by Gasteiger charge is -2.17. The van der Waals surface area contributed by atoms with E-state index in [-0.39, 0.29) is 5.82 Å². The molecule has 1 aliphatic heterocycles. The number of hydrogen-bond acceptors (Lipinski definition) is 3. The van der Waals surface area contributed by atoms with Gasteiger partial charge in [-0.1, -0.05) is 48.5 Å². The van der Waals surface area contributed by atoms with E-state index in [1.165, 1.54) is 12.1 Å². The lowest BCUT2D eigenvalue weighted by atomic mass is 9.99. The molecular formula is C20H15FN2O2. The van der Waals surface area contributed by atoms with Crippen molar-refractivity contribution in [2.75, 3.05) is 0 Å². The van der Waals surface area contributed by atoms with Crippen molar-refractivity contribution in [2.45, 2.75) is 12.1 Å². The zero-order valence-corrected chi connectivity index (χ0v) is 13.2. The first-order chi connectivity index (χ1) is 12.2. The average Bonchev–Trinajstić information content (AvgIpc) is 3.05. The quantitative estimate of drug-likeness (QED) is 0.772. The van der Waals surface area contributed by atoms with Crippen LogP contribution < -0.4 is 5.32 Å². The van der Waals surface area contributed by atoms with E-state index in [9.17, 15) is 9.18 Å². The molecule has 0 unspecified atom stereocenters. The van der Waals surface area contributed by atoms with E-state index in [0.717, 1.165) is 16.8 Å². The van der Waals surface area contributed by atoms with E-state index in [1.54, 1.807) is 12.1 Å². The molecule has 1 saturated heterocycles. The molecule has 1 N–H and O–H groups in total. The number of carbonyl (C=O) groups excluding carboxylic acids is 1. The van der Waals surface area contributed by atoms with E-state index in [2.05, 4.69) is 10.3 Å². The van der Waals surface area contributed by atoms with Gasteiger partial charge in [-0.25, -0.2) is 9.18 Å². The molecule has 124 valence electrons. The van der Waals surface area contributed by atoms with Gasteiger partial charge < -0.3 is 10.1 Å². The molecule has 5 heteroatoms. The molecule has 1 aromatic heterocycles. The number of ether oxygens (including phenoxy) is 1. The Morgan fingerprint density at radius 1 is 0.920 bits per heavy atom. The van der Waals surface area contributed by atoms with Crippen LogP contribution in [0.2, 0.25) is 0 Å². The first-order valence-electron chi connectivity index (χ1n) is 7.96. The number of nitrogens with one attached hydrogen (secondary N) is 1. The smallest absolute Gasteiger partial charge is 0.408 e. The largest absolute Gasteiger partial charge is 0.439 e. The predicted molar refractivity (Wildman–Crippen MR) is 91.2 cm³/mol. The SMILES string of the molecule is O=C1N[C@@H](c2cccc(-c3ccccc3)n2)[C@H](c2ccc(F)cc2)O1. The number of cyclic esters (lactones) is 1. The maximum Gasteiger partial charge on any atom is 0.408 e. The lowest BCUT2D eigenvalue weighted by Crippen LogP contribution is -2.20. The summed E-state index contributed by atoms with van der Waals surface area (Å²) in [7, 11) is 0. The standard InChI is InChI=1S/C20H15FN2O2/c21-15-11-9-14(10-12-15)19-18(23-20(24)25-19)17-8-4-7-16(22-17)13-5-2-1-3-6-13/h1-12,18-19H,(H,23,24)/t18-,19-/m0/s1. The molecule has 25 heavy (non-hydrogen) atoms. The van der Waals surface area contributed by atoms with E-state index >= 15 is 0 Å². The normalized spacial score (nSPS) is 19.3. The molecule has 1 amide bonds. The van der Waals surface area contributed by atoms with Crippen LogP contribution in [-0.2, 0) is 4.74 Å². The lowest BCUT2D eigenvalue weighted by molar-refractivity contribution is 0.132. The minimum atomic E-state index is -0.549. The highest BCUT2D eigenvalue weighted by Crippen LogP contribution is 2.36. The van der Waals surface area contributed by atoms with Crippen molar-refractivity contribution < 1.29 is 13.9 Å². The fourth-order valence-corrected chi connectivity index (χ4v) is 2.96. The first kappa shape index (κ1) is 15.3. The summed E-state index contributed by atoms with van der Waals surface area (Å²) in [6.45, 7) is 0. The molecule has 0 saturated carbocycles. The van der Waals surface area contributed by atoms with Crippen LogP contribution in [0.4, 0.5) is 9.18 Å². The van der Waals surface area contributed by atoms with Gasteiger partial charge in [0.05, 0.1) is 11.4 Å². The van der Waals surface area contributed by atoms with Crippen LogP contribution in [0, 0.1) is 5.82 Å². The zero-order chi connectivity index (χ0) is 17.2. The monoisotopic (exact) mass is 334 g/mol. The number of amides is 1. The topological polar surface area (TPSA) is 51.2 Å². The molecule has 0 spiro atoms. The van der Waals surface area contributed by atoms with E-state index in [0.29, 0.717) is 5.69 Å². The van der Waals surface area contributed by atoms with Gasteiger partial charge in [-0.3, -0.25) is 4.98 Å². The number of pyridine rings is 1. The zero-order valence-electron chi connectivity index (χ0n) is 13.2. The van der Waals surface area contributed by atoms with Crippen molar-refractivity contribution >= 4 is 6.09 Å². The van der Waals surface area contributed by atoms with Crippen molar-refractivity contribution in [3.05, 3.63) is 89.9 Å². The Kier molecular flexibility index (Phi) is 3.90. The highest BCUT2D eigenvalue weighted by Gasteiger charge is 2.37. The summed E-state index contributed by atoms with van der Waals surface area (Å²) in [6, 6.07) is 21.0. The van der Waals surface area contributed by atoms with Crippen LogP contribution in [0.1, 0.15) is 23.4 Å². The van der Waals surface area contributed by atoms with Crippen LogP contribution in [0.5, 0.6) is 0 Å². The van der Waals surface area contributed by atoms with Gasteiger partial charge in [0, 0.05) is 5.56 Å². The molecule has 0 bridgehead atoms. The third kappa shape index (κ3) is 3.08. The van der Waals surface area contributed by atoms with Gasteiger partial charge in [0.2, 0.25) is 0 Å². The third-order valence-corrected chi connectivity index (χ3v) is 4.17. The van der Waals surface area contributed by atoms with Gasteiger partial charge >= 0.3 is 6.09 Å². The second-order valence-corrected chi connectivity index (χ2v) is 5.81. The van der Waals surface area contributed by atoms with Crippen LogP contribution in [0.25, 0.3) is 11.3 Å². The van der Waals surface area contributed by atoms with Crippen molar-refractivity contribution in [1.82, 2.24) is 10.3 Å². The summed E-state index contributed by atoms with van der Waals surface area (Å²) in [5, 5.41) is 2.79. The summed E-state index contributed by atoms with van der Waals surface area (Å²) in [5.41, 5.74) is 3.23. The molecule has 3 aromatic rings. The summed E-state index contributed by atoms with van der Waals surface area (Å²) in [5.74, 6) is -0.332. The third-order valence-electron chi connectivity index (χ3n) is 4.17. The predicted octanol–water partition coefficient (Wildman–Crippen LogP) is 4.41. The molecule has 2 aromatic carbocycles. The number of carbonyl (C=O) groups is 1. The highest BCUT2D eigenvalue weighted by atomic mass is 19.1. The number of aromatic nitrogens is 1. The van der Waals surface area contributed by atoms with Gasteiger partial charge in [-0.15, -0.1) is 0 Å². The second kappa shape index (κ2) is 6.36. The molecule has 2 atom stereocenters. The maximum absolute atomic E-state index is 13.2. The van der Waals surface area contributed by atoms with Crippen molar-refractivity contribution in [3.8, 4) is 11.3 Å². The number of nitrogens with zero attached hydrogens (tertiary/aromatic N) is 1. The van der Waals surface area contributed by atoms with Crippen LogP contribution in [-0.4, -0.2) is 11.1 Å². The number of rotatable bonds is 3. The number of hydrogen-bond donors (Lipinski definition) is 1. The number of halogens is 1. The van der Waals surface area contributed by atoms with Crippen molar-refractivity contribution in [2.24, 2.45) is 0 Å². The minimum Gasteiger partial charge on any atom is -0.439 e. The fraction of sp³-hybridized carbons (Fsp3) is 0.100. The van der Waals surface area contributed by atoms with Gasteiger partial charge in [0.1, 0.15) is 11.9 Å². The second-order valence-electron chi connectivity index (χ2n) is 5.81. The Balaban J connectivity index is 1.70. The molecule has 2 heterocycles. The van der Waals surface area contributed by atoms with Crippen LogP contribution >= 0.6 is 0 Å². The van der Waals surface area contributed by atoms with E-state index in [4.69, 9.17) is 4.74 Å². The minimum absolute atomic E-state index is 0.332. The number of benzene rings is 2. The molecule has 1 aliphatic rings. The fourth-order valence-electron chi connectivity index (χ4n) is 2.96. The van der Waals surface area contributed by atoms with Gasteiger partial charge in [0.15, 0.2) is 6.10 Å². The van der Waals surface area contributed by atoms with Crippen molar-refractivity contribution in [1.29, 1.82) is 0 Å². The summed E-state index contributed by atoms with van der Waals surface area (Å²) < 4.78 is 18.6.